The topological polar surface area (TPSA) is 137 Å². The molecule has 0 bridgehead atoms. The van der Waals surface area contributed by atoms with Gasteiger partial charge in [-0.1, -0.05) is 0 Å². The summed E-state index contributed by atoms with van der Waals surface area (Å²) in [5.41, 5.74) is 5.39. The van der Waals surface area contributed by atoms with E-state index in [1.165, 1.54) is 12.1 Å². The first-order chi connectivity index (χ1) is 11.2. The van der Waals surface area contributed by atoms with E-state index < -0.39 is 22.3 Å². The Balaban J connectivity index is 2.36. The van der Waals surface area contributed by atoms with E-state index in [1.54, 1.807) is 0 Å². The van der Waals surface area contributed by atoms with Gasteiger partial charge in [-0.25, -0.2) is 0 Å². The van der Waals surface area contributed by atoms with E-state index in [0.717, 1.165) is 10.6 Å². The molecule has 2 heterocycles. The van der Waals surface area contributed by atoms with Gasteiger partial charge in [-0.2, -0.15) is 0 Å². The number of pyridine rings is 1. The molecule has 0 fully saturated rings. The van der Waals surface area contributed by atoms with Gasteiger partial charge in [0, 0.05) is 25.3 Å². The number of nitrogens with zero attached hydrogens (tertiary/aromatic N) is 2. The molecule has 3 N–H and O–H groups in total. The lowest BCUT2D eigenvalue weighted by Gasteiger charge is -2.15. The van der Waals surface area contributed by atoms with Gasteiger partial charge in [-0.05, 0) is 45.2 Å². The number of nitro groups is 1. The van der Waals surface area contributed by atoms with Gasteiger partial charge >= 0.3 is 0 Å². The van der Waals surface area contributed by atoms with Crippen LogP contribution in [0.1, 0.15) is 20.7 Å². The largest absolute Gasteiger partial charge is 0.384 e. The number of nitro benzene ring substituents is 1. The molecule has 9 nitrogen and oxygen atoms in total. The van der Waals surface area contributed by atoms with E-state index >= 15 is 0 Å². The number of amides is 2. The Morgan fingerprint density at radius 3 is 2.21 bits per heavy atom. The molecule has 0 saturated carbocycles. The maximum atomic E-state index is 12.4. The van der Waals surface area contributed by atoms with Crippen LogP contribution < -0.4 is 16.6 Å². The number of carbonyl (C=O) groups excluding carboxylic acids is 2. The van der Waals surface area contributed by atoms with Crippen LogP contribution in [0.5, 0.6) is 0 Å². The number of anilines is 1. The summed E-state index contributed by atoms with van der Waals surface area (Å²) < 4.78 is 1.89. The number of halogens is 2. The minimum atomic E-state index is -0.687. The van der Waals surface area contributed by atoms with Crippen molar-refractivity contribution in [1.82, 2.24) is 9.88 Å². The van der Waals surface area contributed by atoms with E-state index in [0.29, 0.717) is 12.8 Å². The summed E-state index contributed by atoms with van der Waals surface area (Å²) in [6, 6.07) is 3.62. The molecule has 1 aliphatic heterocycles. The normalized spacial score (nSPS) is 12.9. The van der Waals surface area contributed by atoms with E-state index in [2.05, 4.69) is 5.32 Å². The maximum absolute atomic E-state index is 12.4. The second-order valence-corrected chi connectivity index (χ2v) is 7.11. The molecule has 1 aromatic heterocycles. The average molecular weight is 552 g/mol. The number of aromatic nitrogens is 1. The van der Waals surface area contributed by atoms with Crippen LogP contribution in [0.25, 0.3) is 5.69 Å². The Bertz CT molecular complexity index is 991. The molecular formula is C13H6I2N4O5. The first kappa shape index (κ1) is 16.8. The first-order valence-corrected chi connectivity index (χ1v) is 8.43. The molecule has 0 aliphatic carbocycles. The maximum Gasteiger partial charge on any atom is 0.271 e. The highest BCUT2D eigenvalue weighted by atomic mass is 127. The third-order valence-corrected chi connectivity index (χ3v) is 5.03. The number of imide groups is 1. The highest BCUT2D eigenvalue weighted by Crippen LogP contribution is 2.31. The van der Waals surface area contributed by atoms with Crippen LogP contribution in [0, 0.1) is 17.3 Å². The molecule has 0 radical (unpaired) electrons. The molecule has 0 spiro atoms. The van der Waals surface area contributed by atoms with Crippen molar-refractivity contribution in [3.8, 4) is 5.69 Å². The summed E-state index contributed by atoms with van der Waals surface area (Å²) in [6.07, 6.45) is 0. The SMILES string of the molecule is Nc1c2c(cc(=O)n1-c1c(I)cc([N+](=O)[O-])cc1I)C(=O)NC2=O. The fourth-order valence-corrected chi connectivity index (χ4v) is 4.60. The number of benzene rings is 1. The summed E-state index contributed by atoms with van der Waals surface area (Å²) in [5.74, 6) is -1.56. The highest BCUT2D eigenvalue weighted by molar-refractivity contribution is 14.1. The fraction of sp³-hybridized carbons (Fsp3) is 0. The van der Waals surface area contributed by atoms with Crippen LogP contribution in [0.4, 0.5) is 11.5 Å². The second kappa shape index (κ2) is 5.80. The lowest BCUT2D eigenvalue weighted by atomic mass is 10.1. The summed E-state index contributed by atoms with van der Waals surface area (Å²) in [5, 5.41) is 13.0. The molecule has 2 amide bonds. The number of nitrogens with one attached hydrogen (secondary N) is 1. The minimum absolute atomic E-state index is 0.0781. The number of nitrogens with two attached hydrogens (primary N) is 1. The highest BCUT2D eigenvalue weighted by Gasteiger charge is 2.32. The molecule has 24 heavy (non-hydrogen) atoms. The summed E-state index contributed by atoms with van der Waals surface area (Å²) in [6.45, 7) is 0. The molecule has 3 rings (SSSR count). The van der Waals surface area contributed by atoms with Gasteiger partial charge in [-0.3, -0.25) is 34.4 Å². The lowest BCUT2D eigenvalue weighted by Crippen LogP contribution is -2.25. The van der Waals surface area contributed by atoms with Gasteiger partial charge in [0.25, 0.3) is 23.1 Å². The second-order valence-electron chi connectivity index (χ2n) is 4.79. The fourth-order valence-electron chi connectivity index (χ4n) is 2.38. The quantitative estimate of drug-likeness (QED) is 0.251. The Kier molecular flexibility index (Phi) is 4.06. The van der Waals surface area contributed by atoms with Crippen LogP contribution in [-0.2, 0) is 0 Å². The van der Waals surface area contributed by atoms with Crippen LogP contribution in [0.15, 0.2) is 23.0 Å². The van der Waals surface area contributed by atoms with Gasteiger partial charge in [0.2, 0.25) is 0 Å². The lowest BCUT2D eigenvalue weighted by molar-refractivity contribution is -0.385. The number of rotatable bonds is 2. The van der Waals surface area contributed by atoms with Gasteiger partial charge in [-0.15, -0.1) is 0 Å². The van der Waals surface area contributed by atoms with Crippen molar-refractivity contribution in [1.29, 1.82) is 0 Å². The third kappa shape index (κ3) is 2.47. The molecule has 2 aromatic rings. The predicted molar refractivity (Wildman–Crippen MR) is 100 cm³/mol. The van der Waals surface area contributed by atoms with Crippen LogP contribution >= 0.6 is 45.2 Å². The molecule has 122 valence electrons. The predicted octanol–water partition coefficient (Wildman–Crippen LogP) is 1.42. The molecule has 0 saturated heterocycles. The molecule has 1 aromatic carbocycles. The minimum Gasteiger partial charge on any atom is -0.384 e. The molecule has 0 unspecified atom stereocenters. The van der Waals surface area contributed by atoms with Gasteiger partial charge < -0.3 is 5.73 Å². The van der Waals surface area contributed by atoms with Crippen LogP contribution in [0.2, 0.25) is 0 Å². The van der Waals surface area contributed by atoms with Crippen LogP contribution in [-0.4, -0.2) is 21.3 Å². The van der Waals surface area contributed by atoms with Gasteiger partial charge in [0.1, 0.15) is 5.82 Å². The third-order valence-electron chi connectivity index (χ3n) is 3.39. The van der Waals surface area contributed by atoms with E-state index in [9.17, 15) is 24.5 Å². The Hall–Kier alpha value is -2.03. The number of fused-ring (bicyclic) bond motifs is 1. The van der Waals surface area contributed by atoms with Crippen molar-refractivity contribution in [2.45, 2.75) is 0 Å². The Morgan fingerprint density at radius 2 is 1.67 bits per heavy atom. The Labute approximate surface area is 160 Å². The zero-order valence-electron chi connectivity index (χ0n) is 11.5. The monoisotopic (exact) mass is 552 g/mol. The van der Waals surface area contributed by atoms with Crippen molar-refractivity contribution in [3.05, 3.63) is 56.9 Å². The average Bonchev–Trinajstić information content (AvgIpc) is 2.75. The van der Waals surface area contributed by atoms with Gasteiger partial charge in [0.15, 0.2) is 0 Å². The molecule has 11 heteroatoms. The number of nitrogen functional groups attached to an aromatic ring is 1. The number of hydrogen-bond donors (Lipinski definition) is 2. The zero-order valence-corrected chi connectivity index (χ0v) is 15.8. The number of hydrogen-bond acceptors (Lipinski definition) is 6. The van der Waals surface area contributed by atoms with Crippen molar-refractivity contribution in [3.63, 3.8) is 0 Å². The van der Waals surface area contributed by atoms with Crippen molar-refractivity contribution in [2.24, 2.45) is 0 Å². The molecule has 0 atom stereocenters. The van der Waals surface area contributed by atoms with E-state index in [-0.39, 0.29) is 22.6 Å². The zero-order chi connectivity index (χ0) is 17.8. The molecular weight excluding hydrogens is 546 g/mol. The number of non-ortho nitro benzene ring substituents is 1. The van der Waals surface area contributed by atoms with Crippen LogP contribution in [0.3, 0.4) is 0 Å². The summed E-state index contributed by atoms with van der Waals surface area (Å²) in [7, 11) is 0. The summed E-state index contributed by atoms with van der Waals surface area (Å²) >= 11 is 3.69. The van der Waals surface area contributed by atoms with E-state index in [4.69, 9.17) is 5.73 Å². The van der Waals surface area contributed by atoms with Crippen molar-refractivity contribution in [2.75, 3.05) is 5.73 Å². The van der Waals surface area contributed by atoms with Crippen molar-refractivity contribution < 1.29 is 14.5 Å². The van der Waals surface area contributed by atoms with Gasteiger partial charge in [0.05, 0.1) is 21.7 Å². The standard InChI is InChI=1S/C13H6I2N4O5/c14-6-1-4(19(23)24)2-7(15)10(6)18-8(20)3-5-9(11(18)16)13(22)17-12(5)21/h1-3H,16H2,(H,17,21,22). The van der Waals surface area contributed by atoms with E-state index in [1.807, 2.05) is 45.2 Å². The first-order valence-electron chi connectivity index (χ1n) is 6.27. The number of carbonyl (C=O) groups is 2. The molecule has 1 aliphatic rings. The smallest absolute Gasteiger partial charge is 0.271 e. The Morgan fingerprint density at radius 1 is 1.08 bits per heavy atom. The summed E-state index contributed by atoms with van der Waals surface area (Å²) in [4.78, 5) is 46.4. The van der Waals surface area contributed by atoms with Crippen molar-refractivity contribution >= 4 is 68.5 Å².